The Bertz CT molecular complexity index is 46.5. The van der Waals surface area contributed by atoms with Crippen LogP contribution < -0.4 is 0 Å². The van der Waals surface area contributed by atoms with Gasteiger partial charge in [0, 0.05) is 0 Å². The Morgan fingerprint density at radius 3 is 1.78 bits per heavy atom. The van der Waals surface area contributed by atoms with E-state index in [0.717, 1.165) is 6.54 Å². The van der Waals surface area contributed by atoms with E-state index in [1.165, 1.54) is 25.9 Å². The molecule has 0 atom stereocenters. The molecule has 0 saturated heterocycles. The maximum absolute atomic E-state index is 3.85. The van der Waals surface area contributed by atoms with Crippen molar-refractivity contribution < 1.29 is 0 Å². The highest BCUT2D eigenvalue weighted by Gasteiger charge is 1.95. The second-order valence-corrected chi connectivity index (χ2v) is 2.34. The number of hydrogen-bond acceptors (Lipinski definition) is 1. The van der Waals surface area contributed by atoms with E-state index >= 15 is 0 Å². The van der Waals surface area contributed by atoms with Crippen LogP contribution in [0.25, 0.3) is 0 Å². The summed E-state index contributed by atoms with van der Waals surface area (Å²) in [6.07, 6.45) is 2.49. The van der Waals surface area contributed by atoms with Crippen LogP contribution in [0.5, 0.6) is 0 Å². The minimum atomic E-state index is 0.960. The number of rotatable bonds is 5. The topological polar surface area (TPSA) is 3.24 Å². The van der Waals surface area contributed by atoms with Gasteiger partial charge in [-0.1, -0.05) is 13.8 Å². The molecule has 0 spiro atoms. The van der Waals surface area contributed by atoms with Crippen LogP contribution in [0.3, 0.4) is 0 Å². The first-order valence-corrected chi connectivity index (χ1v) is 3.86. The molecule has 0 aromatic heterocycles. The van der Waals surface area contributed by atoms with Gasteiger partial charge < -0.3 is 4.90 Å². The third-order valence-corrected chi connectivity index (χ3v) is 1.40. The van der Waals surface area contributed by atoms with Gasteiger partial charge in [0.15, 0.2) is 0 Å². The summed E-state index contributed by atoms with van der Waals surface area (Å²) in [5.74, 6) is 0. The predicted octanol–water partition coefficient (Wildman–Crippen LogP) is 1.94. The first kappa shape index (κ1) is 8.96. The van der Waals surface area contributed by atoms with Gasteiger partial charge in [-0.3, -0.25) is 0 Å². The molecule has 0 amide bonds. The van der Waals surface area contributed by atoms with Crippen molar-refractivity contribution in [1.29, 1.82) is 0 Å². The van der Waals surface area contributed by atoms with Gasteiger partial charge in [0.25, 0.3) is 0 Å². The molecule has 0 heterocycles. The monoisotopic (exact) mass is 128 g/mol. The first-order valence-electron chi connectivity index (χ1n) is 3.86. The maximum Gasteiger partial charge on any atom is -0.00183 e. The molecule has 1 nitrogen and oxygen atoms in total. The third-order valence-electron chi connectivity index (χ3n) is 1.40. The predicted molar refractivity (Wildman–Crippen MR) is 42.4 cm³/mol. The molecule has 0 unspecified atom stereocenters. The molecule has 0 aliphatic rings. The van der Waals surface area contributed by atoms with Gasteiger partial charge in [0.05, 0.1) is 0 Å². The Kier molecular flexibility index (Phi) is 6.06. The zero-order chi connectivity index (χ0) is 7.11. The van der Waals surface area contributed by atoms with E-state index in [4.69, 9.17) is 0 Å². The molecule has 0 aliphatic heterocycles. The Morgan fingerprint density at radius 1 is 1.11 bits per heavy atom. The first-order chi connectivity index (χ1) is 4.35. The van der Waals surface area contributed by atoms with Crippen LogP contribution in [0.15, 0.2) is 0 Å². The van der Waals surface area contributed by atoms with Crippen molar-refractivity contribution in [2.45, 2.75) is 26.7 Å². The average Bonchev–Trinajstić information content (AvgIpc) is 1.88. The van der Waals surface area contributed by atoms with E-state index < -0.39 is 0 Å². The second-order valence-electron chi connectivity index (χ2n) is 2.34. The normalized spacial score (nSPS) is 10.7. The van der Waals surface area contributed by atoms with E-state index in [1.807, 2.05) is 0 Å². The van der Waals surface area contributed by atoms with Gasteiger partial charge in [0.1, 0.15) is 0 Å². The summed E-state index contributed by atoms with van der Waals surface area (Å²) in [5, 5.41) is 0. The van der Waals surface area contributed by atoms with Crippen LogP contribution in [0, 0.1) is 6.92 Å². The van der Waals surface area contributed by atoms with Crippen LogP contribution in [0.1, 0.15) is 26.7 Å². The molecule has 0 fully saturated rings. The van der Waals surface area contributed by atoms with Gasteiger partial charge >= 0.3 is 0 Å². The van der Waals surface area contributed by atoms with E-state index in [9.17, 15) is 0 Å². The fourth-order valence-corrected chi connectivity index (χ4v) is 0.968. The van der Waals surface area contributed by atoms with Gasteiger partial charge in [-0.25, -0.2) is 0 Å². The Morgan fingerprint density at radius 2 is 1.56 bits per heavy atom. The third kappa shape index (κ3) is 4.46. The van der Waals surface area contributed by atoms with E-state index in [-0.39, 0.29) is 0 Å². The fraction of sp³-hybridized carbons (Fsp3) is 0.875. The van der Waals surface area contributed by atoms with Crippen molar-refractivity contribution >= 4 is 0 Å². The molecule has 0 N–H and O–H groups in total. The smallest absolute Gasteiger partial charge is 0.00183 e. The summed E-state index contributed by atoms with van der Waals surface area (Å²) >= 11 is 0. The average molecular weight is 128 g/mol. The van der Waals surface area contributed by atoms with Crippen LogP contribution in [-0.2, 0) is 0 Å². The summed E-state index contributed by atoms with van der Waals surface area (Å²) < 4.78 is 0. The van der Waals surface area contributed by atoms with E-state index in [2.05, 4.69) is 25.7 Å². The summed E-state index contributed by atoms with van der Waals surface area (Å²) in [6, 6.07) is 0. The largest absolute Gasteiger partial charge is 0.303 e. The zero-order valence-electron chi connectivity index (χ0n) is 6.69. The van der Waals surface area contributed by atoms with Gasteiger partial charge in [-0.15, -0.1) is 0 Å². The molecule has 9 heavy (non-hydrogen) atoms. The Labute approximate surface area is 59.1 Å². The van der Waals surface area contributed by atoms with Crippen molar-refractivity contribution in [2.75, 3.05) is 19.6 Å². The number of hydrogen-bond donors (Lipinski definition) is 0. The van der Waals surface area contributed by atoms with Crippen molar-refractivity contribution in [3.8, 4) is 0 Å². The van der Waals surface area contributed by atoms with Gasteiger partial charge in [-0.2, -0.15) is 0 Å². The second kappa shape index (κ2) is 6.09. The highest BCUT2D eigenvalue weighted by Crippen LogP contribution is 1.91. The lowest BCUT2D eigenvalue weighted by molar-refractivity contribution is 0.302. The van der Waals surface area contributed by atoms with E-state index in [0.29, 0.717) is 0 Å². The molecule has 0 saturated carbocycles. The summed E-state index contributed by atoms with van der Waals surface area (Å²) in [4.78, 5) is 2.38. The summed E-state index contributed by atoms with van der Waals surface area (Å²) in [7, 11) is 0. The van der Waals surface area contributed by atoms with Gasteiger partial charge in [0.2, 0.25) is 0 Å². The van der Waals surface area contributed by atoms with Crippen molar-refractivity contribution in [3.05, 3.63) is 6.92 Å². The van der Waals surface area contributed by atoms with Crippen LogP contribution in [0.4, 0.5) is 0 Å². The molecule has 0 aromatic rings. The SMILES string of the molecule is [CH2]CN(CCC)CCC. The highest BCUT2D eigenvalue weighted by molar-refractivity contribution is 4.55. The van der Waals surface area contributed by atoms with Crippen molar-refractivity contribution in [3.63, 3.8) is 0 Å². The molecule has 1 heteroatoms. The molecular weight excluding hydrogens is 110 g/mol. The molecule has 55 valence electrons. The van der Waals surface area contributed by atoms with Crippen LogP contribution in [-0.4, -0.2) is 24.5 Å². The Hall–Kier alpha value is -0.0400. The molecule has 0 aromatic carbocycles. The number of nitrogens with zero attached hydrogens (tertiary/aromatic N) is 1. The minimum absolute atomic E-state index is 0.960. The maximum atomic E-state index is 3.85. The lowest BCUT2D eigenvalue weighted by Gasteiger charge is -2.17. The molecular formula is C8H18N. The van der Waals surface area contributed by atoms with Crippen molar-refractivity contribution in [1.82, 2.24) is 4.90 Å². The summed E-state index contributed by atoms with van der Waals surface area (Å²) in [5.41, 5.74) is 0. The standard InChI is InChI=1S/C8H18N/c1-4-7-9(6-3)8-5-2/h3-8H2,1-2H3. The lowest BCUT2D eigenvalue weighted by atomic mass is 10.3. The quantitative estimate of drug-likeness (QED) is 0.547. The zero-order valence-corrected chi connectivity index (χ0v) is 6.69. The molecule has 0 rings (SSSR count). The van der Waals surface area contributed by atoms with Gasteiger partial charge in [-0.05, 0) is 39.4 Å². The van der Waals surface area contributed by atoms with Crippen LogP contribution >= 0.6 is 0 Å². The summed E-state index contributed by atoms with van der Waals surface area (Å²) in [6.45, 7) is 11.6. The fourth-order valence-electron chi connectivity index (χ4n) is 0.968. The highest BCUT2D eigenvalue weighted by atomic mass is 15.1. The molecule has 0 bridgehead atoms. The molecule has 1 radical (unpaired) electrons. The lowest BCUT2D eigenvalue weighted by Crippen LogP contribution is -2.24. The van der Waals surface area contributed by atoms with Crippen LogP contribution in [0.2, 0.25) is 0 Å². The molecule has 0 aliphatic carbocycles. The van der Waals surface area contributed by atoms with Crippen molar-refractivity contribution in [2.24, 2.45) is 0 Å². The van der Waals surface area contributed by atoms with E-state index in [1.54, 1.807) is 0 Å². The Balaban J connectivity index is 3.18. The minimum Gasteiger partial charge on any atom is -0.303 e.